The van der Waals surface area contributed by atoms with E-state index in [4.69, 9.17) is 4.74 Å². The molecule has 0 aromatic heterocycles. The number of rotatable bonds is 3. The van der Waals surface area contributed by atoms with Crippen molar-refractivity contribution < 1.29 is 9.53 Å². The molecule has 15 heavy (non-hydrogen) atoms. The smallest absolute Gasteiger partial charge is 0.271 e. The van der Waals surface area contributed by atoms with E-state index in [2.05, 4.69) is 10.5 Å². The Morgan fingerprint density at radius 2 is 1.87 bits per heavy atom. The van der Waals surface area contributed by atoms with Gasteiger partial charge in [0.1, 0.15) is 5.75 Å². The third-order valence-corrected chi connectivity index (χ3v) is 1.73. The minimum Gasteiger partial charge on any atom is -0.497 e. The van der Waals surface area contributed by atoms with E-state index in [1.54, 1.807) is 31.4 Å². The van der Waals surface area contributed by atoms with Crippen molar-refractivity contribution in [2.24, 2.45) is 5.10 Å². The van der Waals surface area contributed by atoms with Crippen LogP contribution in [0.5, 0.6) is 5.75 Å². The van der Waals surface area contributed by atoms with Crippen LogP contribution in [-0.2, 0) is 0 Å². The SMILES string of the molecule is COc1ccc(C(=O)NN=C(C)C)cc1. The van der Waals surface area contributed by atoms with Crippen LogP contribution >= 0.6 is 0 Å². The number of methoxy groups -OCH3 is 1. The van der Waals surface area contributed by atoms with Gasteiger partial charge in [-0.05, 0) is 38.1 Å². The number of nitrogens with zero attached hydrogens (tertiary/aromatic N) is 1. The number of hydrogen-bond acceptors (Lipinski definition) is 3. The van der Waals surface area contributed by atoms with Gasteiger partial charge in [-0.15, -0.1) is 0 Å². The molecular formula is C11H14N2O2. The number of benzene rings is 1. The van der Waals surface area contributed by atoms with Gasteiger partial charge in [0.25, 0.3) is 5.91 Å². The number of carbonyl (C=O) groups excluding carboxylic acids is 1. The van der Waals surface area contributed by atoms with Gasteiger partial charge in [0, 0.05) is 11.3 Å². The molecule has 0 aliphatic rings. The number of nitrogens with one attached hydrogen (secondary N) is 1. The Labute approximate surface area is 88.9 Å². The average Bonchev–Trinajstić information content (AvgIpc) is 2.26. The minimum absolute atomic E-state index is 0.223. The lowest BCUT2D eigenvalue weighted by molar-refractivity contribution is 0.0954. The molecular weight excluding hydrogens is 192 g/mol. The van der Waals surface area contributed by atoms with Crippen molar-refractivity contribution in [2.75, 3.05) is 7.11 Å². The summed E-state index contributed by atoms with van der Waals surface area (Å²) in [5.41, 5.74) is 3.80. The third kappa shape index (κ3) is 3.42. The molecule has 0 spiro atoms. The predicted molar refractivity (Wildman–Crippen MR) is 59.2 cm³/mol. The summed E-state index contributed by atoms with van der Waals surface area (Å²) in [6.45, 7) is 3.63. The van der Waals surface area contributed by atoms with Crippen molar-refractivity contribution in [2.45, 2.75) is 13.8 Å². The van der Waals surface area contributed by atoms with Gasteiger partial charge in [-0.3, -0.25) is 4.79 Å². The minimum atomic E-state index is -0.223. The summed E-state index contributed by atoms with van der Waals surface area (Å²) >= 11 is 0. The molecule has 1 rings (SSSR count). The van der Waals surface area contributed by atoms with Gasteiger partial charge in [0.05, 0.1) is 7.11 Å². The van der Waals surface area contributed by atoms with Gasteiger partial charge in [0.2, 0.25) is 0 Å². The third-order valence-electron chi connectivity index (χ3n) is 1.73. The van der Waals surface area contributed by atoms with E-state index >= 15 is 0 Å². The Kier molecular flexibility index (Phi) is 3.85. The van der Waals surface area contributed by atoms with E-state index in [0.717, 1.165) is 11.5 Å². The molecule has 0 saturated heterocycles. The van der Waals surface area contributed by atoms with Crippen LogP contribution in [0.1, 0.15) is 24.2 Å². The summed E-state index contributed by atoms with van der Waals surface area (Å²) < 4.78 is 4.99. The first-order valence-corrected chi connectivity index (χ1v) is 4.59. The van der Waals surface area contributed by atoms with Gasteiger partial charge >= 0.3 is 0 Å². The summed E-state index contributed by atoms with van der Waals surface area (Å²) in [4.78, 5) is 11.5. The highest BCUT2D eigenvalue weighted by Gasteiger charge is 2.03. The Bertz CT molecular complexity index is 365. The lowest BCUT2D eigenvalue weighted by Crippen LogP contribution is -2.18. The summed E-state index contributed by atoms with van der Waals surface area (Å²) in [7, 11) is 1.58. The second kappa shape index (κ2) is 5.14. The molecule has 0 saturated carbocycles. The lowest BCUT2D eigenvalue weighted by atomic mass is 10.2. The number of hydrogen-bond donors (Lipinski definition) is 1. The average molecular weight is 206 g/mol. The van der Waals surface area contributed by atoms with Crippen LogP contribution in [0.25, 0.3) is 0 Å². The largest absolute Gasteiger partial charge is 0.497 e. The first kappa shape index (κ1) is 11.2. The van der Waals surface area contributed by atoms with Gasteiger partial charge < -0.3 is 4.74 Å². The lowest BCUT2D eigenvalue weighted by Gasteiger charge is -2.02. The molecule has 4 heteroatoms. The van der Waals surface area contributed by atoms with E-state index in [1.807, 2.05) is 13.8 Å². The molecule has 0 unspecified atom stereocenters. The molecule has 0 atom stereocenters. The Morgan fingerprint density at radius 1 is 1.27 bits per heavy atom. The van der Waals surface area contributed by atoms with Crippen LogP contribution in [0, 0.1) is 0 Å². The maximum absolute atomic E-state index is 11.5. The summed E-state index contributed by atoms with van der Waals surface area (Å²) in [5, 5.41) is 3.83. The van der Waals surface area contributed by atoms with Crippen LogP contribution in [0.3, 0.4) is 0 Å². The van der Waals surface area contributed by atoms with E-state index < -0.39 is 0 Å². The molecule has 80 valence electrons. The Morgan fingerprint density at radius 3 is 2.33 bits per heavy atom. The first-order chi connectivity index (χ1) is 7.13. The fourth-order valence-electron chi connectivity index (χ4n) is 0.970. The molecule has 1 aromatic carbocycles. The maximum Gasteiger partial charge on any atom is 0.271 e. The molecule has 0 radical (unpaired) electrons. The zero-order valence-corrected chi connectivity index (χ0v) is 9.07. The number of ether oxygens (including phenoxy) is 1. The van der Waals surface area contributed by atoms with Crippen molar-refractivity contribution in [3.8, 4) is 5.75 Å². The zero-order valence-electron chi connectivity index (χ0n) is 9.07. The summed E-state index contributed by atoms with van der Waals surface area (Å²) in [6, 6.07) is 6.85. The number of amides is 1. The van der Waals surface area contributed by atoms with E-state index in [9.17, 15) is 4.79 Å². The van der Waals surface area contributed by atoms with Crippen molar-refractivity contribution in [1.82, 2.24) is 5.43 Å². The van der Waals surface area contributed by atoms with Crippen LogP contribution in [-0.4, -0.2) is 18.7 Å². The fraction of sp³-hybridized carbons (Fsp3) is 0.273. The van der Waals surface area contributed by atoms with E-state index in [0.29, 0.717) is 5.56 Å². The van der Waals surface area contributed by atoms with E-state index in [-0.39, 0.29) is 5.91 Å². The van der Waals surface area contributed by atoms with Crippen molar-refractivity contribution in [3.05, 3.63) is 29.8 Å². The Hall–Kier alpha value is -1.84. The molecule has 1 amide bonds. The Balaban J connectivity index is 2.70. The molecule has 0 aliphatic heterocycles. The second-order valence-corrected chi connectivity index (χ2v) is 3.23. The molecule has 4 nitrogen and oxygen atoms in total. The summed E-state index contributed by atoms with van der Waals surface area (Å²) in [5.74, 6) is 0.501. The van der Waals surface area contributed by atoms with Crippen LogP contribution in [0.15, 0.2) is 29.4 Å². The van der Waals surface area contributed by atoms with Crippen LogP contribution in [0.2, 0.25) is 0 Å². The second-order valence-electron chi connectivity index (χ2n) is 3.23. The van der Waals surface area contributed by atoms with Gasteiger partial charge in [0.15, 0.2) is 0 Å². The number of hydrazone groups is 1. The normalized spacial score (nSPS) is 9.27. The summed E-state index contributed by atoms with van der Waals surface area (Å²) in [6.07, 6.45) is 0. The molecule has 0 bridgehead atoms. The quantitative estimate of drug-likeness (QED) is 0.605. The van der Waals surface area contributed by atoms with Crippen molar-refractivity contribution >= 4 is 11.6 Å². The van der Waals surface area contributed by atoms with E-state index in [1.165, 1.54) is 0 Å². The molecule has 0 fully saturated rings. The van der Waals surface area contributed by atoms with Gasteiger partial charge in [-0.2, -0.15) is 5.10 Å². The fourth-order valence-corrected chi connectivity index (χ4v) is 0.970. The highest BCUT2D eigenvalue weighted by Crippen LogP contribution is 2.10. The molecule has 1 aromatic rings. The highest BCUT2D eigenvalue weighted by atomic mass is 16.5. The van der Waals surface area contributed by atoms with Crippen molar-refractivity contribution in [1.29, 1.82) is 0 Å². The maximum atomic E-state index is 11.5. The molecule has 0 aliphatic carbocycles. The number of carbonyl (C=O) groups is 1. The molecule has 0 heterocycles. The topological polar surface area (TPSA) is 50.7 Å². The molecule has 1 N–H and O–H groups in total. The predicted octanol–water partition coefficient (Wildman–Crippen LogP) is 1.82. The van der Waals surface area contributed by atoms with Crippen LogP contribution in [0.4, 0.5) is 0 Å². The first-order valence-electron chi connectivity index (χ1n) is 4.59. The standard InChI is InChI=1S/C11H14N2O2/c1-8(2)12-13-11(14)9-4-6-10(15-3)7-5-9/h4-7H,1-3H3,(H,13,14). The van der Waals surface area contributed by atoms with Gasteiger partial charge in [-0.1, -0.05) is 0 Å². The van der Waals surface area contributed by atoms with Crippen LogP contribution < -0.4 is 10.2 Å². The highest BCUT2D eigenvalue weighted by molar-refractivity contribution is 5.95. The van der Waals surface area contributed by atoms with Gasteiger partial charge in [-0.25, -0.2) is 5.43 Å². The van der Waals surface area contributed by atoms with Crippen molar-refractivity contribution in [3.63, 3.8) is 0 Å². The zero-order chi connectivity index (χ0) is 11.3. The monoisotopic (exact) mass is 206 g/mol.